The van der Waals surface area contributed by atoms with E-state index in [0.29, 0.717) is 6.42 Å². The summed E-state index contributed by atoms with van der Waals surface area (Å²) in [4.78, 5) is 11.8. The molecule has 0 aliphatic heterocycles. The van der Waals surface area contributed by atoms with Crippen molar-refractivity contribution in [3.05, 3.63) is 35.4 Å². The number of alkyl halides is 3. The first kappa shape index (κ1) is 15.1. The van der Waals surface area contributed by atoms with Crippen LogP contribution in [0, 0.1) is 12.3 Å². The molecule has 2 nitrogen and oxygen atoms in total. The molecule has 0 aromatic heterocycles. The maximum absolute atomic E-state index is 12.8. The molecule has 1 N–H and O–H groups in total. The summed E-state index contributed by atoms with van der Waals surface area (Å²) >= 11 is 0. The quantitative estimate of drug-likeness (QED) is 0.835. The van der Waals surface area contributed by atoms with Crippen LogP contribution >= 0.6 is 0 Å². The van der Waals surface area contributed by atoms with Gasteiger partial charge in [-0.3, -0.25) is 4.79 Å². The van der Waals surface area contributed by atoms with E-state index < -0.39 is 29.3 Å². The van der Waals surface area contributed by atoms with Gasteiger partial charge in [0.2, 0.25) is 0 Å². The number of amides is 1. The minimum Gasteiger partial charge on any atom is -0.338 e. The summed E-state index contributed by atoms with van der Waals surface area (Å²) < 4.78 is 38.3. The second-order valence-corrected chi connectivity index (χ2v) is 4.02. The standard InChI is InChI=1S/C14H14F3NO/c1-3-7-10(4-2)18-13(19)11-8-5-6-9-12(11)14(15,16)17/h2,5-6,8-10H,3,7H2,1H3,(H,18,19). The average molecular weight is 269 g/mol. The molecule has 1 atom stereocenters. The molecule has 1 amide bonds. The van der Waals surface area contributed by atoms with E-state index in [4.69, 9.17) is 6.42 Å². The third kappa shape index (κ3) is 4.02. The van der Waals surface area contributed by atoms with Crippen LogP contribution in [0.5, 0.6) is 0 Å². The van der Waals surface area contributed by atoms with Crippen LogP contribution < -0.4 is 5.32 Å². The van der Waals surface area contributed by atoms with Crippen molar-refractivity contribution in [3.63, 3.8) is 0 Å². The predicted octanol–water partition coefficient (Wildman–Crippen LogP) is 3.24. The van der Waals surface area contributed by atoms with Crippen LogP contribution in [0.1, 0.15) is 35.7 Å². The van der Waals surface area contributed by atoms with Gasteiger partial charge in [0.1, 0.15) is 0 Å². The molecule has 0 radical (unpaired) electrons. The van der Waals surface area contributed by atoms with Crippen molar-refractivity contribution in [3.8, 4) is 12.3 Å². The first-order valence-electron chi connectivity index (χ1n) is 5.83. The number of rotatable bonds is 4. The Kier molecular flexibility index (Phi) is 4.99. The van der Waals surface area contributed by atoms with Gasteiger partial charge < -0.3 is 5.32 Å². The van der Waals surface area contributed by atoms with Crippen molar-refractivity contribution >= 4 is 5.91 Å². The fourth-order valence-electron chi connectivity index (χ4n) is 1.65. The normalized spacial score (nSPS) is 12.6. The lowest BCUT2D eigenvalue weighted by Crippen LogP contribution is -2.34. The van der Waals surface area contributed by atoms with Crippen molar-refractivity contribution in [2.75, 3.05) is 0 Å². The minimum absolute atomic E-state index is 0.411. The average Bonchev–Trinajstić information content (AvgIpc) is 2.37. The van der Waals surface area contributed by atoms with Gasteiger partial charge in [0, 0.05) is 0 Å². The van der Waals surface area contributed by atoms with E-state index in [1.54, 1.807) is 0 Å². The molecule has 0 saturated heterocycles. The largest absolute Gasteiger partial charge is 0.417 e. The third-order valence-electron chi connectivity index (χ3n) is 2.56. The zero-order chi connectivity index (χ0) is 14.5. The van der Waals surface area contributed by atoms with Crippen LogP contribution in [0.4, 0.5) is 13.2 Å². The van der Waals surface area contributed by atoms with Crippen LogP contribution in [0.25, 0.3) is 0 Å². The van der Waals surface area contributed by atoms with E-state index in [0.717, 1.165) is 18.6 Å². The topological polar surface area (TPSA) is 29.1 Å². The lowest BCUT2D eigenvalue weighted by molar-refractivity contribution is -0.137. The number of terminal acetylenes is 1. The Labute approximate surface area is 110 Å². The Morgan fingerprint density at radius 3 is 2.58 bits per heavy atom. The Hall–Kier alpha value is -1.96. The molecule has 1 aromatic carbocycles. The van der Waals surface area contributed by atoms with Gasteiger partial charge in [-0.25, -0.2) is 0 Å². The van der Waals surface area contributed by atoms with Crippen molar-refractivity contribution in [1.82, 2.24) is 5.32 Å². The number of carbonyl (C=O) groups excluding carboxylic acids is 1. The smallest absolute Gasteiger partial charge is 0.338 e. The molecule has 0 fully saturated rings. The first-order chi connectivity index (χ1) is 8.90. The van der Waals surface area contributed by atoms with Crippen molar-refractivity contribution in [1.29, 1.82) is 0 Å². The van der Waals surface area contributed by atoms with Gasteiger partial charge in [0.05, 0.1) is 17.2 Å². The second-order valence-electron chi connectivity index (χ2n) is 4.02. The van der Waals surface area contributed by atoms with Gasteiger partial charge in [0.25, 0.3) is 5.91 Å². The molecule has 0 heterocycles. The van der Waals surface area contributed by atoms with Gasteiger partial charge in [0.15, 0.2) is 0 Å². The number of halogens is 3. The van der Waals surface area contributed by atoms with Gasteiger partial charge in [-0.15, -0.1) is 6.42 Å². The molecular formula is C14H14F3NO. The molecule has 0 aliphatic carbocycles. The number of hydrogen-bond donors (Lipinski definition) is 1. The molecule has 1 unspecified atom stereocenters. The maximum Gasteiger partial charge on any atom is 0.417 e. The predicted molar refractivity (Wildman–Crippen MR) is 66.4 cm³/mol. The highest BCUT2D eigenvalue weighted by atomic mass is 19.4. The van der Waals surface area contributed by atoms with E-state index in [9.17, 15) is 18.0 Å². The lowest BCUT2D eigenvalue weighted by Gasteiger charge is -2.15. The molecule has 102 valence electrons. The van der Waals surface area contributed by atoms with Crippen molar-refractivity contribution in [2.24, 2.45) is 0 Å². The van der Waals surface area contributed by atoms with E-state index in [1.165, 1.54) is 12.1 Å². The third-order valence-corrected chi connectivity index (χ3v) is 2.56. The minimum atomic E-state index is -4.57. The van der Waals surface area contributed by atoms with Crippen LogP contribution in [-0.2, 0) is 6.18 Å². The molecule has 0 saturated carbocycles. The van der Waals surface area contributed by atoms with Crippen LogP contribution in [0.15, 0.2) is 24.3 Å². The molecule has 5 heteroatoms. The summed E-state index contributed by atoms with van der Waals surface area (Å²) in [5.41, 5.74) is -1.37. The molecule has 19 heavy (non-hydrogen) atoms. The van der Waals surface area contributed by atoms with Gasteiger partial charge >= 0.3 is 6.18 Å². The SMILES string of the molecule is C#CC(CCC)NC(=O)c1ccccc1C(F)(F)F. The summed E-state index contributed by atoms with van der Waals surface area (Å²) in [5.74, 6) is 1.55. The Bertz CT molecular complexity index is 488. The molecule has 0 aliphatic rings. The summed E-state index contributed by atoms with van der Waals surface area (Å²) in [7, 11) is 0. The zero-order valence-corrected chi connectivity index (χ0v) is 10.4. The van der Waals surface area contributed by atoms with Crippen molar-refractivity contribution < 1.29 is 18.0 Å². The first-order valence-corrected chi connectivity index (χ1v) is 5.83. The molecular weight excluding hydrogens is 255 g/mol. The Balaban J connectivity index is 2.98. The maximum atomic E-state index is 12.8. The number of benzene rings is 1. The highest BCUT2D eigenvalue weighted by molar-refractivity contribution is 5.96. The van der Waals surface area contributed by atoms with E-state index in [1.807, 2.05) is 6.92 Å². The molecule has 0 spiro atoms. The number of nitrogens with one attached hydrogen (secondary N) is 1. The van der Waals surface area contributed by atoms with Crippen LogP contribution in [0.2, 0.25) is 0 Å². The van der Waals surface area contributed by atoms with Gasteiger partial charge in [-0.2, -0.15) is 13.2 Å². The summed E-state index contributed by atoms with van der Waals surface area (Å²) in [6, 6.07) is 4.08. The number of carbonyl (C=O) groups is 1. The highest BCUT2D eigenvalue weighted by Gasteiger charge is 2.34. The second kappa shape index (κ2) is 6.28. The van der Waals surface area contributed by atoms with Gasteiger partial charge in [-0.1, -0.05) is 31.4 Å². The Morgan fingerprint density at radius 2 is 2.05 bits per heavy atom. The summed E-state index contributed by atoms with van der Waals surface area (Å²) in [5, 5.41) is 2.42. The monoisotopic (exact) mass is 269 g/mol. The van der Waals surface area contributed by atoms with Crippen molar-refractivity contribution in [2.45, 2.75) is 32.0 Å². The lowest BCUT2D eigenvalue weighted by atomic mass is 10.1. The summed E-state index contributed by atoms with van der Waals surface area (Å²) in [6.07, 6.45) is 1.91. The highest BCUT2D eigenvalue weighted by Crippen LogP contribution is 2.31. The fraction of sp³-hybridized carbons (Fsp3) is 0.357. The molecule has 1 aromatic rings. The van der Waals surface area contributed by atoms with E-state index >= 15 is 0 Å². The van der Waals surface area contributed by atoms with E-state index in [-0.39, 0.29) is 0 Å². The molecule has 1 rings (SSSR count). The van der Waals surface area contributed by atoms with Gasteiger partial charge in [-0.05, 0) is 18.6 Å². The molecule has 0 bridgehead atoms. The van der Waals surface area contributed by atoms with Crippen LogP contribution in [-0.4, -0.2) is 11.9 Å². The summed E-state index contributed by atoms with van der Waals surface area (Å²) in [6.45, 7) is 1.88. The number of hydrogen-bond acceptors (Lipinski definition) is 1. The van der Waals surface area contributed by atoms with Crippen LogP contribution in [0.3, 0.4) is 0 Å². The zero-order valence-electron chi connectivity index (χ0n) is 10.4. The van der Waals surface area contributed by atoms with E-state index in [2.05, 4.69) is 11.2 Å². The Morgan fingerprint density at radius 1 is 1.42 bits per heavy atom. The fourth-order valence-corrected chi connectivity index (χ4v) is 1.65.